The first-order valence-corrected chi connectivity index (χ1v) is 20.6. The van der Waals surface area contributed by atoms with E-state index in [9.17, 15) is 45.6 Å². The van der Waals surface area contributed by atoms with Crippen LogP contribution in [0.4, 0.5) is 0 Å². The number of aliphatic hydroxyl groups is 8. The van der Waals surface area contributed by atoms with Crippen molar-refractivity contribution in [2.45, 2.75) is 167 Å². The molecule has 0 spiro atoms. The number of ether oxygens (including phenoxy) is 4. The average Bonchev–Trinajstić information content (AvgIpc) is 3.14. The highest BCUT2D eigenvalue weighted by Crippen LogP contribution is 2.76. The Bertz CT molecular complexity index is 1510. The van der Waals surface area contributed by atoms with Gasteiger partial charge in [0.25, 0.3) is 0 Å². The summed E-state index contributed by atoms with van der Waals surface area (Å²) in [5.41, 5.74) is 0.529. The summed E-state index contributed by atoms with van der Waals surface area (Å²) in [5, 5.41) is 82.7. The van der Waals surface area contributed by atoms with E-state index in [1.807, 2.05) is 0 Å². The summed E-state index contributed by atoms with van der Waals surface area (Å²) in [5.74, 6) is -0.0287. The molecule has 13 nitrogen and oxygen atoms in total. The molecule has 55 heavy (non-hydrogen) atoms. The first kappa shape index (κ1) is 41.7. The van der Waals surface area contributed by atoms with Crippen LogP contribution in [-0.2, 0) is 23.7 Å². The molecule has 2 heterocycles. The third-order valence-electron chi connectivity index (χ3n) is 17.0. The van der Waals surface area contributed by atoms with Gasteiger partial charge in [0.2, 0.25) is 6.29 Å². The number of aliphatic hydroxyl groups excluding tert-OH is 8. The van der Waals surface area contributed by atoms with E-state index in [0.717, 1.165) is 44.1 Å². The minimum atomic E-state index is -1.68. The number of hydrogen-bond acceptors (Lipinski definition) is 13. The van der Waals surface area contributed by atoms with E-state index >= 15 is 0 Å². The summed E-state index contributed by atoms with van der Waals surface area (Å²) in [6, 6.07) is 0. The number of rotatable bonds is 6. The molecule has 0 aromatic heterocycles. The Kier molecular flexibility index (Phi) is 10.9. The van der Waals surface area contributed by atoms with Crippen LogP contribution in [0.2, 0.25) is 0 Å². The van der Waals surface area contributed by atoms with Gasteiger partial charge in [0.05, 0.1) is 24.7 Å². The minimum absolute atomic E-state index is 0.0653. The number of hydrogen-bond donors (Lipinski definition) is 8. The van der Waals surface area contributed by atoms with E-state index in [-0.39, 0.29) is 45.5 Å². The van der Waals surface area contributed by atoms with Crippen molar-refractivity contribution < 1.29 is 64.6 Å². The second-order valence-corrected chi connectivity index (χ2v) is 19.7. The Labute approximate surface area is 324 Å². The lowest BCUT2D eigenvalue weighted by molar-refractivity contribution is -0.330. The van der Waals surface area contributed by atoms with Crippen LogP contribution >= 0.6 is 0 Å². The zero-order valence-electron chi connectivity index (χ0n) is 33.3. The first-order chi connectivity index (χ1) is 25.7. The van der Waals surface area contributed by atoms with Crippen LogP contribution in [0, 0.1) is 50.7 Å². The maximum atomic E-state index is 14.6. The first-order valence-electron chi connectivity index (χ1n) is 20.6. The van der Waals surface area contributed by atoms with Crippen LogP contribution in [0.1, 0.15) is 99.3 Å². The second kappa shape index (κ2) is 14.4. The summed E-state index contributed by atoms with van der Waals surface area (Å²) < 4.78 is 23.9. The predicted octanol–water partition coefficient (Wildman–Crippen LogP) is 2.09. The van der Waals surface area contributed by atoms with Crippen molar-refractivity contribution in [1.82, 2.24) is 0 Å². The van der Waals surface area contributed by atoms with Gasteiger partial charge in [0, 0.05) is 5.92 Å². The van der Waals surface area contributed by atoms with Crippen LogP contribution in [0.25, 0.3) is 0 Å². The molecule has 0 bridgehead atoms. The Morgan fingerprint density at radius 3 is 1.98 bits per heavy atom. The molecule has 5 aliphatic carbocycles. The Morgan fingerprint density at radius 2 is 1.36 bits per heavy atom. The van der Waals surface area contributed by atoms with Crippen molar-refractivity contribution in [2.75, 3.05) is 13.2 Å². The zero-order chi connectivity index (χ0) is 40.2. The van der Waals surface area contributed by atoms with E-state index in [4.69, 9.17) is 18.9 Å². The van der Waals surface area contributed by atoms with E-state index in [0.29, 0.717) is 25.2 Å². The molecule has 8 N–H and O–H groups in total. The molecular weight excluding hydrogens is 712 g/mol. The quantitative estimate of drug-likeness (QED) is 0.110. The number of carbonyl (C=O) groups excluding carboxylic acids is 1. The van der Waals surface area contributed by atoms with Crippen molar-refractivity contribution in [3.8, 4) is 0 Å². The second-order valence-electron chi connectivity index (χ2n) is 19.7. The smallest absolute Gasteiger partial charge is 0.315 e. The molecule has 6 fully saturated rings. The van der Waals surface area contributed by atoms with Crippen LogP contribution < -0.4 is 0 Å². The highest BCUT2D eigenvalue weighted by Gasteiger charge is 2.70. The van der Waals surface area contributed by atoms with Gasteiger partial charge in [-0.25, -0.2) is 0 Å². The average molecular weight is 779 g/mol. The van der Waals surface area contributed by atoms with Crippen molar-refractivity contribution >= 4 is 5.97 Å². The summed E-state index contributed by atoms with van der Waals surface area (Å²) >= 11 is 0. The molecule has 0 aromatic carbocycles. The molecule has 19 unspecified atom stereocenters. The highest BCUT2D eigenvalue weighted by molar-refractivity contribution is 5.80. The predicted molar refractivity (Wildman–Crippen MR) is 197 cm³/mol. The van der Waals surface area contributed by atoms with Crippen LogP contribution in [-0.4, -0.2) is 128 Å². The van der Waals surface area contributed by atoms with Crippen LogP contribution in [0.3, 0.4) is 0 Å². The Morgan fingerprint density at radius 1 is 0.764 bits per heavy atom. The monoisotopic (exact) mass is 778 g/mol. The van der Waals surface area contributed by atoms with E-state index in [1.54, 1.807) is 0 Å². The van der Waals surface area contributed by atoms with E-state index in [1.165, 1.54) is 5.57 Å². The summed E-state index contributed by atoms with van der Waals surface area (Å²) in [4.78, 5) is 14.6. The number of allylic oxidation sites excluding steroid dienone is 3. The van der Waals surface area contributed by atoms with Gasteiger partial charge >= 0.3 is 5.97 Å². The van der Waals surface area contributed by atoms with Gasteiger partial charge in [-0.1, -0.05) is 65.3 Å². The van der Waals surface area contributed by atoms with Gasteiger partial charge in [0.15, 0.2) is 6.29 Å². The molecule has 4 saturated carbocycles. The van der Waals surface area contributed by atoms with Crippen molar-refractivity contribution in [3.63, 3.8) is 0 Å². The molecule has 2 saturated heterocycles. The van der Waals surface area contributed by atoms with Gasteiger partial charge in [-0.15, -0.1) is 0 Å². The van der Waals surface area contributed by atoms with Gasteiger partial charge in [-0.3, -0.25) is 4.79 Å². The molecule has 19 atom stereocenters. The number of esters is 1. The van der Waals surface area contributed by atoms with Crippen LogP contribution in [0.15, 0.2) is 23.8 Å². The third kappa shape index (κ3) is 5.99. The van der Waals surface area contributed by atoms with Gasteiger partial charge in [-0.2, -0.15) is 0 Å². The number of carbonyl (C=O) groups is 1. The lowest BCUT2D eigenvalue weighted by Crippen LogP contribution is -2.66. The third-order valence-corrected chi connectivity index (χ3v) is 17.0. The molecule has 7 rings (SSSR count). The standard InChI is InChI=1S/C42H66O13/c1-20-10-15-42(37(51)55-36-34(50)32(48)30(46)24(19-44)53-36)17-16-40(6)22(28(42)21(20)2)8-9-26-39(5)13-12-27(38(3,4)25(39)11-14-41(26,40)7)54-35-33(49)31(47)29(45)23(18-43)52-35/h8,20,23-36,43-50H,2,9-19H2,1,3-7H3. The Balaban J connectivity index is 1.16. The topological polar surface area (TPSA) is 216 Å². The van der Waals surface area contributed by atoms with E-state index < -0.39 is 86.0 Å². The highest BCUT2D eigenvalue weighted by atomic mass is 16.7. The summed E-state index contributed by atoms with van der Waals surface area (Å²) in [7, 11) is 0. The maximum absolute atomic E-state index is 14.6. The SMILES string of the molecule is C=C1C(C)CCC2(C(=O)OC3OC(CO)C(O)C(O)C3O)CCC3(C)C(=CCC4C5(C)CCC(OC6OC(CO)C(O)C(O)C6O)C(C)(C)C5CCC43C)C12. The minimum Gasteiger partial charge on any atom is -0.432 e. The maximum Gasteiger partial charge on any atom is 0.315 e. The lowest BCUT2D eigenvalue weighted by atomic mass is 9.33. The van der Waals surface area contributed by atoms with Crippen LogP contribution in [0.5, 0.6) is 0 Å². The fourth-order valence-corrected chi connectivity index (χ4v) is 13.4. The fourth-order valence-electron chi connectivity index (χ4n) is 13.4. The summed E-state index contributed by atoms with van der Waals surface area (Å²) in [6.45, 7) is 17.4. The van der Waals surface area contributed by atoms with Crippen molar-refractivity contribution in [3.05, 3.63) is 23.8 Å². The van der Waals surface area contributed by atoms with Crippen molar-refractivity contribution in [1.29, 1.82) is 0 Å². The molecule has 0 radical (unpaired) electrons. The molecule has 7 aliphatic rings. The van der Waals surface area contributed by atoms with Gasteiger partial charge in [0.1, 0.15) is 48.8 Å². The lowest BCUT2D eigenvalue weighted by Gasteiger charge is -2.71. The number of fused-ring (bicyclic) bond motifs is 7. The molecule has 2 aliphatic heterocycles. The molecule has 312 valence electrons. The largest absolute Gasteiger partial charge is 0.432 e. The van der Waals surface area contributed by atoms with Crippen molar-refractivity contribution in [2.24, 2.45) is 50.7 Å². The Hall–Kier alpha value is -1.49. The molecule has 13 heteroatoms. The van der Waals surface area contributed by atoms with Gasteiger partial charge < -0.3 is 59.8 Å². The molecule has 0 amide bonds. The van der Waals surface area contributed by atoms with Gasteiger partial charge in [-0.05, 0) is 97.2 Å². The normalized spacial score (nSPS) is 53.5. The molecule has 0 aromatic rings. The zero-order valence-corrected chi connectivity index (χ0v) is 33.3. The summed E-state index contributed by atoms with van der Waals surface area (Å²) in [6.07, 6.45) is -5.18. The fraction of sp³-hybridized carbons (Fsp3) is 0.881. The molecular formula is C42H66O13. The van der Waals surface area contributed by atoms with E-state index in [2.05, 4.69) is 54.2 Å².